The van der Waals surface area contributed by atoms with Gasteiger partial charge in [0.15, 0.2) is 0 Å². The Morgan fingerprint density at radius 3 is 2.64 bits per heavy atom. The van der Waals surface area contributed by atoms with E-state index in [2.05, 4.69) is 4.84 Å². The van der Waals surface area contributed by atoms with E-state index in [1.165, 1.54) is 13.2 Å². The van der Waals surface area contributed by atoms with Crippen molar-refractivity contribution in [1.82, 2.24) is 5.06 Å². The highest BCUT2D eigenvalue weighted by Crippen LogP contribution is 1.97. The molecule has 0 spiro atoms. The number of hydroxylamine groups is 2. The standard InChI is InChI=1S/C7H12ClNO2/c1-6(5-8)4-7(10)9(2)11-3/h4H,5H2,1-3H3/b6-4+. The minimum atomic E-state index is -0.203. The highest BCUT2D eigenvalue weighted by atomic mass is 35.5. The van der Waals surface area contributed by atoms with E-state index in [1.54, 1.807) is 14.0 Å². The summed E-state index contributed by atoms with van der Waals surface area (Å²) in [7, 11) is 2.97. The average Bonchev–Trinajstić information content (AvgIpc) is 2.02. The van der Waals surface area contributed by atoms with Crippen LogP contribution in [0.1, 0.15) is 6.92 Å². The molecule has 0 aliphatic rings. The minimum Gasteiger partial charge on any atom is -0.274 e. The van der Waals surface area contributed by atoms with Crippen molar-refractivity contribution in [1.29, 1.82) is 0 Å². The molecular formula is C7H12ClNO2. The van der Waals surface area contributed by atoms with Gasteiger partial charge in [0.2, 0.25) is 0 Å². The van der Waals surface area contributed by atoms with Gasteiger partial charge in [0.1, 0.15) is 0 Å². The molecule has 0 bridgehead atoms. The summed E-state index contributed by atoms with van der Waals surface area (Å²) in [5.41, 5.74) is 0.820. The number of nitrogens with zero attached hydrogens (tertiary/aromatic N) is 1. The van der Waals surface area contributed by atoms with Crippen LogP contribution in [0.15, 0.2) is 11.6 Å². The molecule has 0 unspecified atom stereocenters. The monoisotopic (exact) mass is 177 g/mol. The van der Waals surface area contributed by atoms with Crippen molar-refractivity contribution >= 4 is 17.5 Å². The van der Waals surface area contributed by atoms with E-state index in [9.17, 15) is 4.79 Å². The van der Waals surface area contributed by atoms with Gasteiger partial charge in [-0.1, -0.05) is 5.57 Å². The van der Waals surface area contributed by atoms with Crippen LogP contribution in [0.5, 0.6) is 0 Å². The Morgan fingerprint density at radius 1 is 1.73 bits per heavy atom. The number of amides is 1. The zero-order chi connectivity index (χ0) is 8.85. The quantitative estimate of drug-likeness (QED) is 0.368. The summed E-state index contributed by atoms with van der Waals surface area (Å²) < 4.78 is 0. The highest BCUT2D eigenvalue weighted by Gasteiger charge is 2.02. The third kappa shape index (κ3) is 4.01. The van der Waals surface area contributed by atoms with Crippen molar-refractivity contribution in [2.24, 2.45) is 0 Å². The second-order valence-electron chi connectivity index (χ2n) is 2.14. The normalized spacial score (nSPS) is 11.5. The highest BCUT2D eigenvalue weighted by molar-refractivity contribution is 6.19. The number of allylic oxidation sites excluding steroid dienone is 1. The molecule has 0 heterocycles. The van der Waals surface area contributed by atoms with Gasteiger partial charge in [-0.25, -0.2) is 5.06 Å². The zero-order valence-corrected chi connectivity index (χ0v) is 7.68. The predicted molar refractivity (Wildman–Crippen MR) is 44.3 cm³/mol. The van der Waals surface area contributed by atoms with E-state index in [0.29, 0.717) is 5.88 Å². The van der Waals surface area contributed by atoms with Crippen LogP contribution in [0.3, 0.4) is 0 Å². The van der Waals surface area contributed by atoms with Crippen LogP contribution in [0, 0.1) is 0 Å². The molecule has 0 radical (unpaired) electrons. The lowest BCUT2D eigenvalue weighted by Crippen LogP contribution is -2.23. The molecule has 0 fully saturated rings. The van der Waals surface area contributed by atoms with Crippen molar-refractivity contribution in [3.05, 3.63) is 11.6 Å². The molecule has 4 heteroatoms. The van der Waals surface area contributed by atoms with Gasteiger partial charge in [0.25, 0.3) is 5.91 Å². The maximum Gasteiger partial charge on any atom is 0.269 e. The Balaban J connectivity index is 4.05. The molecule has 0 aromatic carbocycles. The smallest absolute Gasteiger partial charge is 0.269 e. The number of carbonyl (C=O) groups excluding carboxylic acids is 1. The lowest BCUT2D eigenvalue weighted by molar-refractivity contribution is -0.162. The molecule has 0 aliphatic carbocycles. The first-order chi connectivity index (χ1) is 5.11. The van der Waals surface area contributed by atoms with E-state index >= 15 is 0 Å². The summed E-state index contributed by atoms with van der Waals surface area (Å²) in [5, 5.41) is 1.13. The van der Waals surface area contributed by atoms with Crippen LogP contribution in [0.4, 0.5) is 0 Å². The first-order valence-corrected chi connectivity index (χ1v) is 3.70. The molecule has 64 valence electrons. The molecule has 0 aliphatic heterocycles. The van der Waals surface area contributed by atoms with E-state index in [0.717, 1.165) is 10.6 Å². The molecule has 0 aromatic heterocycles. The molecule has 1 amide bonds. The third-order valence-corrected chi connectivity index (χ3v) is 1.59. The van der Waals surface area contributed by atoms with Crippen LogP contribution in [0.25, 0.3) is 0 Å². The Kier molecular flexibility index (Phi) is 4.90. The van der Waals surface area contributed by atoms with Gasteiger partial charge in [-0.2, -0.15) is 0 Å². The van der Waals surface area contributed by atoms with Gasteiger partial charge in [-0.05, 0) is 6.92 Å². The van der Waals surface area contributed by atoms with Crippen LogP contribution in [-0.2, 0) is 9.63 Å². The SMILES string of the molecule is CON(C)C(=O)/C=C(\C)CCl. The second-order valence-corrected chi connectivity index (χ2v) is 2.41. The maximum atomic E-state index is 11.0. The van der Waals surface area contributed by atoms with Crippen LogP contribution < -0.4 is 0 Å². The largest absolute Gasteiger partial charge is 0.274 e. The first-order valence-electron chi connectivity index (χ1n) is 3.16. The average molecular weight is 178 g/mol. The summed E-state index contributed by atoms with van der Waals surface area (Å²) >= 11 is 5.46. The van der Waals surface area contributed by atoms with Gasteiger partial charge in [0.05, 0.1) is 7.11 Å². The number of halogens is 1. The van der Waals surface area contributed by atoms with E-state index in [4.69, 9.17) is 11.6 Å². The topological polar surface area (TPSA) is 29.5 Å². The molecule has 0 rings (SSSR count). The van der Waals surface area contributed by atoms with Crippen LogP contribution >= 0.6 is 11.6 Å². The molecule has 0 atom stereocenters. The Labute approximate surface area is 71.5 Å². The minimum absolute atomic E-state index is 0.203. The van der Waals surface area contributed by atoms with E-state index in [1.807, 2.05) is 0 Å². The molecular weight excluding hydrogens is 166 g/mol. The molecule has 0 saturated heterocycles. The van der Waals surface area contributed by atoms with Crippen molar-refractivity contribution < 1.29 is 9.63 Å². The number of hydrogen-bond donors (Lipinski definition) is 0. The van der Waals surface area contributed by atoms with Crippen molar-refractivity contribution in [2.45, 2.75) is 6.92 Å². The zero-order valence-electron chi connectivity index (χ0n) is 6.93. The molecule has 3 nitrogen and oxygen atoms in total. The van der Waals surface area contributed by atoms with Crippen molar-refractivity contribution in [3.63, 3.8) is 0 Å². The van der Waals surface area contributed by atoms with Crippen LogP contribution in [0.2, 0.25) is 0 Å². The van der Waals surface area contributed by atoms with Crippen LogP contribution in [-0.4, -0.2) is 31.0 Å². The maximum absolute atomic E-state index is 11.0. The number of alkyl halides is 1. The lowest BCUT2D eigenvalue weighted by atomic mass is 10.3. The van der Waals surface area contributed by atoms with Crippen molar-refractivity contribution in [3.8, 4) is 0 Å². The fourth-order valence-electron chi connectivity index (χ4n) is 0.430. The number of likely N-dealkylation sites (N-methyl/N-ethyl adjacent to an activating group) is 1. The van der Waals surface area contributed by atoms with Crippen molar-refractivity contribution in [2.75, 3.05) is 20.0 Å². The predicted octanol–water partition coefficient (Wildman–Crippen LogP) is 1.19. The summed E-state index contributed by atoms with van der Waals surface area (Å²) in [6.07, 6.45) is 1.44. The van der Waals surface area contributed by atoms with Gasteiger partial charge in [0, 0.05) is 19.0 Å². The number of hydrogen-bond acceptors (Lipinski definition) is 2. The van der Waals surface area contributed by atoms with E-state index < -0.39 is 0 Å². The van der Waals surface area contributed by atoms with Gasteiger partial charge < -0.3 is 0 Å². The Morgan fingerprint density at radius 2 is 2.27 bits per heavy atom. The summed E-state index contributed by atoms with van der Waals surface area (Å²) in [5.74, 6) is 0.161. The summed E-state index contributed by atoms with van der Waals surface area (Å²) in [4.78, 5) is 15.7. The number of carbonyl (C=O) groups is 1. The second kappa shape index (κ2) is 5.16. The van der Waals surface area contributed by atoms with Gasteiger partial charge in [-0.15, -0.1) is 11.6 Å². The molecule has 0 saturated carbocycles. The van der Waals surface area contributed by atoms with E-state index in [-0.39, 0.29) is 5.91 Å². The number of rotatable bonds is 3. The fourth-order valence-corrected chi connectivity index (χ4v) is 0.507. The first kappa shape index (κ1) is 10.5. The lowest BCUT2D eigenvalue weighted by Gasteiger charge is -2.10. The molecule has 0 N–H and O–H groups in total. The fraction of sp³-hybridized carbons (Fsp3) is 0.571. The third-order valence-electron chi connectivity index (χ3n) is 1.16. The van der Waals surface area contributed by atoms with Gasteiger partial charge in [-0.3, -0.25) is 9.63 Å². The Hall–Kier alpha value is -0.540. The molecule has 11 heavy (non-hydrogen) atoms. The van der Waals surface area contributed by atoms with Gasteiger partial charge >= 0.3 is 0 Å². The summed E-state index contributed by atoms with van der Waals surface area (Å²) in [6, 6.07) is 0. The Bertz CT molecular complexity index is 168. The molecule has 0 aromatic rings. The summed E-state index contributed by atoms with van der Waals surface area (Å²) in [6.45, 7) is 1.79.